The van der Waals surface area contributed by atoms with Crippen LogP contribution in [0.1, 0.15) is 35.1 Å². The van der Waals surface area contributed by atoms with E-state index in [2.05, 4.69) is 48.3 Å². The Bertz CT molecular complexity index is 1320. The van der Waals surface area contributed by atoms with Gasteiger partial charge in [-0.1, -0.05) is 78.4 Å². The number of benzene rings is 3. The summed E-state index contributed by atoms with van der Waals surface area (Å²) in [5.41, 5.74) is 5.58. The molecular formula is C31H33N3O2. The fourth-order valence-corrected chi connectivity index (χ4v) is 4.72. The van der Waals surface area contributed by atoms with Crippen molar-refractivity contribution >= 4 is 22.7 Å². The summed E-state index contributed by atoms with van der Waals surface area (Å²) >= 11 is 0. The van der Waals surface area contributed by atoms with Crippen LogP contribution in [0.2, 0.25) is 0 Å². The largest absolute Gasteiger partial charge is 0.361 e. The van der Waals surface area contributed by atoms with Gasteiger partial charge in [-0.15, -0.1) is 0 Å². The molecule has 1 heterocycles. The molecule has 0 radical (unpaired) electrons. The molecule has 0 unspecified atom stereocenters. The summed E-state index contributed by atoms with van der Waals surface area (Å²) < 4.78 is 0. The zero-order valence-electron chi connectivity index (χ0n) is 20.8. The molecule has 0 atom stereocenters. The fraction of sp³-hybridized carbons (Fsp3) is 0.290. The molecule has 3 aromatic carbocycles. The maximum atomic E-state index is 13.7. The number of aromatic nitrogens is 1. The molecule has 5 nitrogen and oxygen atoms in total. The zero-order valence-corrected chi connectivity index (χ0v) is 20.8. The molecule has 5 rings (SSSR count). The van der Waals surface area contributed by atoms with E-state index in [1.54, 1.807) is 0 Å². The molecular weight excluding hydrogens is 446 g/mol. The van der Waals surface area contributed by atoms with Crippen molar-refractivity contribution < 1.29 is 9.59 Å². The average Bonchev–Trinajstić information content (AvgIpc) is 3.66. The van der Waals surface area contributed by atoms with Crippen LogP contribution < -0.4 is 0 Å². The first-order chi connectivity index (χ1) is 17.6. The number of para-hydroxylation sites is 1. The number of aryl methyl sites for hydroxylation is 1. The van der Waals surface area contributed by atoms with E-state index in [4.69, 9.17) is 0 Å². The summed E-state index contributed by atoms with van der Waals surface area (Å²) in [6, 6.07) is 26.5. The van der Waals surface area contributed by atoms with Crippen LogP contribution in [-0.4, -0.2) is 45.7 Å². The summed E-state index contributed by atoms with van der Waals surface area (Å²) in [4.78, 5) is 33.9. The number of carbonyl (C=O) groups excluding carboxylic acids is 2. The van der Waals surface area contributed by atoms with E-state index in [-0.39, 0.29) is 24.4 Å². The summed E-state index contributed by atoms with van der Waals surface area (Å²) in [5.74, 6) is 0.0349. The van der Waals surface area contributed by atoms with E-state index >= 15 is 0 Å². The lowest BCUT2D eigenvalue weighted by Crippen LogP contribution is -2.44. The minimum Gasteiger partial charge on any atom is -0.361 e. The number of carbonyl (C=O) groups is 2. The molecule has 0 spiro atoms. The number of nitrogens with one attached hydrogen (secondary N) is 1. The molecule has 4 aromatic rings. The Labute approximate surface area is 212 Å². The predicted molar refractivity (Wildman–Crippen MR) is 143 cm³/mol. The lowest BCUT2D eigenvalue weighted by atomic mass is 10.1. The topological polar surface area (TPSA) is 56.4 Å². The highest BCUT2D eigenvalue weighted by atomic mass is 16.2. The van der Waals surface area contributed by atoms with Gasteiger partial charge in [0.15, 0.2) is 0 Å². The van der Waals surface area contributed by atoms with Crippen LogP contribution in [-0.2, 0) is 29.0 Å². The molecule has 2 amide bonds. The van der Waals surface area contributed by atoms with Gasteiger partial charge in [-0.05, 0) is 48.9 Å². The van der Waals surface area contributed by atoms with E-state index in [9.17, 15) is 9.59 Å². The van der Waals surface area contributed by atoms with Gasteiger partial charge in [0.2, 0.25) is 11.8 Å². The number of fused-ring (bicyclic) bond motifs is 1. The second-order valence-electron chi connectivity index (χ2n) is 9.83. The first-order valence-corrected chi connectivity index (χ1v) is 12.8. The minimum atomic E-state index is 0.00345. The van der Waals surface area contributed by atoms with Crippen molar-refractivity contribution in [2.75, 3.05) is 13.1 Å². The Balaban J connectivity index is 1.31. The quantitative estimate of drug-likeness (QED) is 0.336. The third kappa shape index (κ3) is 5.85. The monoisotopic (exact) mass is 479 g/mol. The molecule has 1 fully saturated rings. The second kappa shape index (κ2) is 10.8. The van der Waals surface area contributed by atoms with Crippen molar-refractivity contribution in [2.24, 2.45) is 0 Å². The van der Waals surface area contributed by atoms with Crippen molar-refractivity contribution in [2.45, 2.75) is 45.2 Å². The molecule has 0 bridgehead atoms. The average molecular weight is 480 g/mol. The third-order valence-electron chi connectivity index (χ3n) is 6.98. The van der Waals surface area contributed by atoms with Crippen LogP contribution in [0, 0.1) is 6.92 Å². The first kappa shape index (κ1) is 23.9. The molecule has 0 aliphatic heterocycles. The van der Waals surface area contributed by atoms with E-state index < -0.39 is 0 Å². The van der Waals surface area contributed by atoms with Crippen LogP contribution in [0.4, 0.5) is 0 Å². The Morgan fingerprint density at radius 3 is 2.33 bits per heavy atom. The van der Waals surface area contributed by atoms with Gasteiger partial charge in [0.25, 0.3) is 0 Å². The highest BCUT2D eigenvalue weighted by molar-refractivity contribution is 5.87. The zero-order chi connectivity index (χ0) is 24.9. The van der Waals surface area contributed by atoms with Gasteiger partial charge in [-0.2, -0.15) is 0 Å². The fourth-order valence-electron chi connectivity index (χ4n) is 4.72. The smallest absolute Gasteiger partial charge is 0.242 e. The molecule has 1 aliphatic rings. The van der Waals surface area contributed by atoms with Crippen LogP contribution in [0.15, 0.2) is 85.1 Å². The van der Waals surface area contributed by atoms with Crippen LogP contribution in [0.5, 0.6) is 0 Å². The van der Waals surface area contributed by atoms with E-state index in [0.717, 1.165) is 35.9 Å². The van der Waals surface area contributed by atoms with Gasteiger partial charge in [0.1, 0.15) is 6.54 Å². The van der Waals surface area contributed by atoms with Crippen LogP contribution in [0.3, 0.4) is 0 Å². The van der Waals surface area contributed by atoms with Gasteiger partial charge in [0, 0.05) is 36.2 Å². The lowest BCUT2D eigenvalue weighted by molar-refractivity contribution is -0.141. The van der Waals surface area contributed by atoms with Crippen LogP contribution >= 0.6 is 0 Å². The van der Waals surface area contributed by atoms with E-state index in [0.29, 0.717) is 19.5 Å². The molecule has 1 aromatic heterocycles. The number of amides is 2. The second-order valence-corrected chi connectivity index (χ2v) is 9.83. The molecule has 5 heteroatoms. The molecule has 36 heavy (non-hydrogen) atoms. The number of hydrogen-bond donors (Lipinski definition) is 1. The standard InChI is InChI=1S/C31H33N3O2/c1-23-11-13-25(14-12-23)21-33(18-17-26-20-32-29-10-6-5-9-28(26)29)31(36)22-34(27-15-16-27)30(35)19-24-7-3-2-4-8-24/h2-14,20,27,32H,15-19,21-22H2,1H3. The Kier molecular flexibility index (Phi) is 7.17. The Hall–Kier alpha value is -3.86. The number of rotatable bonds is 10. The van der Waals surface area contributed by atoms with E-state index in [1.165, 1.54) is 16.5 Å². The maximum absolute atomic E-state index is 13.7. The minimum absolute atomic E-state index is 0.00345. The molecule has 184 valence electrons. The molecule has 1 saturated carbocycles. The highest BCUT2D eigenvalue weighted by Crippen LogP contribution is 2.28. The van der Waals surface area contributed by atoms with Crippen molar-refractivity contribution in [3.8, 4) is 0 Å². The summed E-state index contributed by atoms with van der Waals surface area (Å²) in [7, 11) is 0. The maximum Gasteiger partial charge on any atom is 0.242 e. The normalized spacial score (nSPS) is 13.0. The van der Waals surface area contributed by atoms with Gasteiger partial charge in [0.05, 0.1) is 6.42 Å². The highest BCUT2D eigenvalue weighted by Gasteiger charge is 2.34. The van der Waals surface area contributed by atoms with Gasteiger partial charge in [-0.25, -0.2) is 0 Å². The number of hydrogen-bond acceptors (Lipinski definition) is 2. The van der Waals surface area contributed by atoms with Gasteiger partial charge < -0.3 is 14.8 Å². The number of aromatic amines is 1. The van der Waals surface area contributed by atoms with Crippen molar-refractivity contribution in [1.29, 1.82) is 0 Å². The third-order valence-corrected chi connectivity index (χ3v) is 6.98. The molecule has 1 aliphatic carbocycles. The molecule has 1 N–H and O–H groups in total. The predicted octanol–water partition coefficient (Wildman–Crippen LogP) is 5.28. The van der Waals surface area contributed by atoms with E-state index in [1.807, 2.05) is 58.5 Å². The summed E-state index contributed by atoms with van der Waals surface area (Å²) in [6.07, 6.45) is 5.07. The SMILES string of the molecule is Cc1ccc(CN(CCc2c[nH]c3ccccc23)C(=O)CN(C(=O)Cc2ccccc2)C2CC2)cc1. The summed E-state index contributed by atoms with van der Waals surface area (Å²) in [6.45, 7) is 3.33. The molecule has 0 saturated heterocycles. The Morgan fingerprint density at radius 2 is 1.58 bits per heavy atom. The van der Waals surface area contributed by atoms with Gasteiger partial charge in [-0.3, -0.25) is 9.59 Å². The number of nitrogens with zero attached hydrogens (tertiary/aromatic N) is 2. The van der Waals surface area contributed by atoms with Crippen molar-refractivity contribution in [1.82, 2.24) is 14.8 Å². The summed E-state index contributed by atoms with van der Waals surface area (Å²) in [5, 5.41) is 1.19. The van der Waals surface area contributed by atoms with Crippen molar-refractivity contribution in [3.05, 3.63) is 107 Å². The first-order valence-electron chi connectivity index (χ1n) is 12.8. The Morgan fingerprint density at radius 1 is 0.861 bits per heavy atom. The van der Waals surface area contributed by atoms with Gasteiger partial charge >= 0.3 is 0 Å². The number of H-pyrrole nitrogens is 1. The lowest BCUT2D eigenvalue weighted by Gasteiger charge is -2.28. The van der Waals surface area contributed by atoms with Crippen molar-refractivity contribution in [3.63, 3.8) is 0 Å². The van der Waals surface area contributed by atoms with Crippen LogP contribution in [0.25, 0.3) is 10.9 Å².